The number of aryl methyl sites for hydroxylation is 2. The molecule has 0 aromatic heterocycles. The number of fused-ring (bicyclic) bond motifs is 2. The molecular weight excluding hydrogens is 340 g/mol. The van der Waals surface area contributed by atoms with Gasteiger partial charge in [0.05, 0.1) is 0 Å². The lowest BCUT2D eigenvalue weighted by Gasteiger charge is -2.35. The summed E-state index contributed by atoms with van der Waals surface area (Å²) >= 11 is 0. The maximum absolute atomic E-state index is 12.9. The standard InChI is InChI=1S/C22H24N2O3/c25-22(19-6-5-17-2-1-3-18(17)13-19)24-10-8-23(9-11-24)14-16-4-7-20-21(12-16)27-15-26-20/h4-7,12-13H,1-3,8-11,14-15H2. The predicted molar refractivity (Wildman–Crippen MR) is 102 cm³/mol. The summed E-state index contributed by atoms with van der Waals surface area (Å²) in [5.41, 5.74) is 4.85. The second-order valence-corrected chi connectivity index (χ2v) is 7.59. The molecule has 5 rings (SSSR count). The van der Waals surface area contributed by atoms with Crippen LogP contribution in [-0.4, -0.2) is 48.7 Å². The van der Waals surface area contributed by atoms with Gasteiger partial charge in [-0.3, -0.25) is 9.69 Å². The number of amides is 1. The molecule has 27 heavy (non-hydrogen) atoms. The van der Waals surface area contributed by atoms with Crippen LogP contribution < -0.4 is 9.47 Å². The van der Waals surface area contributed by atoms with Gasteiger partial charge in [0.2, 0.25) is 6.79 Å². The third-order valence-electron chi connectivity index (χ3n) is 5.85. The first-order chi connectivity index (χ1) is 13.3. The Balaban J connectivity index is 1.19. The first-order valence-electron chi connectivity index (χ1n) is 9.78. The van der Waals surface area contributed by atoms with Crippen molar-refractivity contribution in [3.63, 3.8) is 0 Å². The van der Waals surface area contributed by atoms with Crippen molar-refractivity contribution in [3.8, 4) is 11.5 Å². The fourth-order valence-corrected chi connectivity index (χ4v) is 4.29. The molecule has 1 fully saturated rings. The molecule has 0 saturated carbocycles. The SMILES string of the molecule is O=C(c1ccc2c(c1)CCC2)N1CCN(Cc2ccc3c(c2)OCO3)CC1. The molecule has 0 unspecified atom stereocenters. The lowest BCUT2D eigenvalue weighted by molar-refractivity contribution is 0.0628. The Morgan fingerprint density at radius 3 is 2.59 bits per heavy atom. The Kier molecular flexibility index (Phi) is 4.24. The van der Waals surface area contributed by atoms with Crippen LogP contribution in [0.15, 0.2) is 36.4 Å². The van der Waals surface area contributed by atoms with Gasteiger partial charge in [0.1, 0.15) is 0 Å². The van der Waals surface area contributed by atoms with Gasteiger partial charge in [-0.05, 0) is 60.2 Å². The van der Waals surface area contributed by atoms with E-state index in [0.717, 1.165) is 62.6 Å². The highest BCUT2D eigenvalue weighted by atomic mass is 16.7. The van der Waals surface area contributed by atoms with Crippen LogP contribution in [-0.2, 0) is 19.4 Å². The molecular formula is C22H24N2O3. The fraction of sp³-hybridized carbons (Fsp3) is 0.409. The zero-order valence-electron chi connectivity index (χ0n) is 15.4. The molecule has 140 valence electrons. The summed E-state index contributed by atoms with van der Waals surface area (Å²) < 4.78 is 10.8. The maximum Gasteiger partial charge on any atom is 0.253 e. The molecule has 0 radical (unpaired) electrons. The number of carbonyl (C=O) groups excluding carboxylic acids is 1. The van der Waals surface area contributed by atoms with E-state index in [-0.39, 0.29) is 5.91 Å². The summed E-state index contributed by atoms with van der Waals surface area (Å²) in [6, 6.07) is 12.4. The van der Waals surface area contributed by atoms with E-state index in [1.807, 2.05) is 17.0 Å². The van der Waals surface area contributed by atoms with Crippen molar-refractivity contribution in [2.24, 2.45) is 0 Å². The summed E-state index contributed by atoms with van der Waals surface area (Å²) in [4.78, 5) is 17.3. The first-order valence-corrected chi connectivity index (χ1v) is 9.78. The molecule has 5 heteroatoms. The predicted octanol–water partition coefficient (Wildman–Crippen LogP) is 2.86. The van der Waals surface area contributed by atoms with Crippen LogP contribution in [0.2, 0.25) is 0 Å². The van der Waals surface area contributed by atoms with E-state index in [2.05, 4.69) is 29.2 Å². The van der Waals surface area contributed by atoms with Crippen molar-refractivity contribution in [2.45, 2.75) is 25.8 Å². The largest absolute Gasteiger partial charge is 0.454 e. The van der Waals surface area contributed by atoms with Crippen molar-refractivity contribution >= 4 is 5.91 Å². The number of hydrogen-bond donors (Lipinski definition) is 0. The summed E-state index contributed by atoms with van der Waals surface area (Å²) in [5, 5.41) is 0. The van der Waals surface area contributed by atoms with E-state index in [1.165, 1.54) is 23.1 Å². The Morgan fingerprint density at radius 2 is 1.70 bits per heavy atom. The minimum Gasteiger partial charge on any atom is -0.454 e. The second kappa shape index (κ2) is 6.89. The van der Waals surface area contributed by atoms with E-state index in [9.17, 15) is 4.79 Å². The average molecular weight is 364 g/mol. The number of carbonyl (C=O) groups is 1. The Bertz CT molecular complexity index is 872. The minimum atomic E-state index is 0.174. The first kappa shape index (κ1) is 16.6. The van der Waals surface area contributed by atoms with Gasteiger partial charge in [-0.1, -0.05) is 12.1 Å². The topological polar surface area (TPSA) is 42.0 Å². The lowest BCUT2D eigenvalue weighted by atomic mass is 10.1. The Morgan fingerprint density at radius 1 is 0.889 bits per heavy atom. The molecule has 2 aromatic rings. The second-order valence-electron chi connectivity index (χ2n) is 7.59. The monoisotopic (exact) mass is 364 g/mol. The molecule has 1 saturated heterocycles. The van der Waals surface area contributed by atoms with Gasteiger partial charge in [-0.15, -0.1) is 0 Å². The molecule has 1 amide bonds. The number of hydrogen-bond acceptors (Lipinski definition) is 4. The highest BCUT2D eigenvalue weighted by Crippen LogP contribution is 2.33. The number of ether oxygens (including phenoxy) is 2. The van der Waals surface area contributed by atoms with E-state index in [1.54, 1.807) is 0 Å². The van der Waals surface area contributed by atoms with Crippen LogP contribution in [0, 0.1) is 0 Å². The minimum absolute atomic E-state index is 0.174. The third kappa shape index (κ3) is 3.28. The van der Waals surface area contributed by atoms with Crippen LogP contribution in [0.4, 0.5) is 0 Å². The van der Waals surface area contributed by atoms with Gasteiger partial charge in [0.15, 0.2) is 11.5 Å². The van der Waals surface area contributed by atoms with E-state index in [0.29, 0.717) is 6.79 Å². The van der Waals surface area contributed by atoms with Gasteiger partial charge in [-0.2, -0.15) is 0 Å². The molecule has 2 aliphatic heterocycles. The molecule has 0 N–H and O–H groups in total. The lowest BCUT2D eigenvalue weighted by Crippen LogP contribution is -2.48. The van der Waals surface area contributed by atoms with Crippen LogP contribution in [0.5, 0.6) is 11.5 Å². The zero-order valence-corrected chi connectivity index (χ0v) is 15.4. The third-order valence-corrected chi connectivity index (χ3v) is 5.85. The van der Waals surface area contributed by atoms with Gasteiger partial charge < -0.3 is 14.4 Å². The van der Waals surface area contributed by atoms with E-state index < -0.39 is 0 Å². The van der Waals surface area contributed by atoms with Crippen molar-refractivity contribution in [3.05, 3.63) is 58.7 Å². The Hall–Kier alpha value is -2.53. The molecule has 0 spiro atoms. The molecule has 0 atom stereocenters. The molecule has 1 aliphatic carbocycles. The van der Waals surface area contributed by atoms with Crippen molar-refractivity contribution in [1.82, 2.24) is 9.80 Å². The van der Waals surface area contributed by atoms with Crippen molar-refractivity contribution in [2.75, 3.05) is 33.0 Å². The van der Waals surface area contributed by atoms with Crippen LogP contribution in [0.3, 0.4) is 0 Å². The summed E-state index contributed by atoms with van der Waals surface area (Å²) in [5.74, 6) is 1.83. The van der Waals surface area contributed by atoms with Crippen LogP contribution in [0.25, 0.3) is 0 Å². The summed E-state index contributed by atoms with van der Waals surface area (Å²) in [6.07, 6.45) is 3.48. The molecule has 5 nitrogen and oxygen atoms in total. The average Bonchev–Trinajstić information content (AvgIpc) is 3.36. The Labute approximate surface area is 159 Å². The quantitative estimate of drug-likeness (QED) is 0.840. The van der Waals surface area contributed by atoms with Crippen molar-refractivity contribution in [1.29, 1.82) is 0 Å². The van der Waals surface area contributed by atoms with Gasteiger partial charge in [0, 0.05) is 38.3 Å². The summed E-state index contributed by atoms with van der Waals surface area (Å²) in [6.45, 7) is 4.52. The molecule has 2 aromatic carbocycles. The van der Waals surface area contributed by atoms with Crippen LogP contribution >= 0.6 is 0 Å². The molecule has 2 heterocycles. The van der Waals surface area contributed by atoms with E-state index in [4.69, 9.17) is 9.47 Å². The fourth-order valence-electron chi connectivity index (χ4n) is 4.29. The van der Waals surface area contributed by atoms with Gasteiger partial charge in [0.25, 0.3) is 5.91 Å². The number of piperazine rings is 1. The van der Waals surface area contributed by atoms with Crippen LogP contribution in [0.1, 0.15) is 33.5 Å². The van der Waals surface area contributed by atoms with Gasteiger partial charge in [-0.25, -0.2) is 0 Å². The zero-order chi connectivity index (χ0) is 18.2. The number of nitrogens with zero attached hydrogens (tertiary/aromatic N) is 2. The van der Waals surface area contributed by atoms with Crippen molar-refractivity contribution < 1.29 is 14.3 Å². The highest BCUT2D eigenvalue weighted by molar-refractivity contribution is 5.94. The number of rotatable bonds is 3. The highest BCUT2D eigenvalue weighted by Gasteiger charge is 2.24. The summed E-state index contributed by atoms with van der Waals surface area (Å²) in [7, 11) is 0. The molecule has 3 aliphatic rings. The number of benzene rings is 2. The maximum atomic E-state index is 12.9. The molecule has 0 bridgehead atoms. The van der Waals surface area contributed by atoms with Gasteiger partial charge >= 0.3 is 0 Å². The van der Waals surface area contributed by atoms with E-state index >= 15 is 0 Å². The normalized spacial score (nSPS) is 18.6. The smallest absolute Gasteiger partial charge is 0.253 e.